The van der Waals surface area contributed by atoms with Crippen molar-refractivity contribution >= 4 is 34.7 Å². The number of benzene rings is 2. The van der Waals surface area contributed by atoms with Gasteiger partial charge in [0.2, 0.25) is 0 Å². The molecule has 2 heterocycles. The summed E-state index contributed by atoms with van der Waals surface area (Å²) in [6.07, 6.45) is 3.33. The molecule has 4 rings (SSSR count). The Kier molecular flexibility index (Phi) is 9.47. The zero-order valence-corrected chi connectivity index (χ0v) is 24.0. The van der Waals surface area contributed by atoms with Gasteiger partial charge in [-0.3, -0.25) is 5.32 Å². The Balaban J connectivity index is 1.44. The number of hydrogen-bond acceptors (Lipinski definition) is 7. The van der Waals surface area contributed by atoms with Crippen molar-refractivity contribution in [3.63, 3.8) is 0 Å². The van der Waals surface area contributed by atoms with E-state index in [4.69, 9.17) is 9.47 Å². The highest BCUT2D eigenvalue weighted by atomic mass is 19.1. The Morgan fingerprint density at radius 2 is 1.80 bits per heavy atom. The van der Waals surface area contributed by atoms with E-state index in [-0.39, 0.29) is 6.67 Å². The molecule has 0 atom stereocenters. The van der Waals surface area contributed by atoms with Gasteiger partial charge in [0.05, 0.1) is 12.8 Å². The molecule has 0 unspecified atom stereocenters. The Morgan fingerprint density at radius 1 is 1.05 bits per heavy atom. The highest BCUT2D eigenvalue weighted by Crippen LogP contribution is 2.35. The third-order valence-electron chi connectivity index (χ3n) is 6.84. The molecule has 40 heavy (non-hydrogen) atoms. The molecule has 0 radical (unpaired) electrons. The van der Waals surface area contributed by atoms with Crippen molar-refractivity contribution < 1.29 is 18.7 Å². The summed E-state index contributed by atoms with van der Waals surface area (Å²) in [5.74, 6) is 1.86. The molecule has 1 aliphatic rings. The summed E-state index contributed by atoms with van der Waals surface area (Å²) in [6.45, 7) is 9.53. The summed E-state index contributed by atoms with van der Waals surface area (Å²) in [6, 6.07) is 15.6. The number of halogens is 1. The third-order valence-corrected chi connectivity index (χ3v) is 6.84. The third kappa shape index (κ3) is 8.08. The Morgan fingerprint density at radius 3 is 2.50 bits per heavy atom. The number of nitrogens with zero attached hydrogens (tertiary/aromatic N) is 2. The van der Waals surface area contributed by atoms with Crippen molar-refractivity contribution in [3.8, 4) is 5.75 Å². The Hall–Kier alpha value is -3.85. The van der Waals surface area contributed by atoms with Crippen molar-refractivity contribution in [2.75, 3.05) is 49.4 Å². The summed E-state index contributed by atoms with van der Waals surface area (Å²) in [4.78, 5) is 18.9. The lowest BCUT2D eigenvalue weighted by molar-refractivity contribution is 0.0636. The van der Waals surface area contributed by atoms with E-state index in [2.05, 4.69) is 38.0 Å². The molecule has 1 aliphatic heterocycles. The van der Waals surface area contributed by atoms with Gasteiger partial charge >= 0.3 is 6.09 Å². The van der Waals surface area contributed by atoms with Gasteiger partial charge in [-0.2, -0.15) is 0 Å². The number of carbonyl (C=O) groups excluding carboxylic acids is 1. The molecule has 2 aromatic carbocycles. The van der Waals surface area contributed by atoms with Gasteiger partial charge in [-0.1, -0.05) is 12.1 Å². The smallest absolute Gasteiger partial charge is 0.412 e. The van der Waals surface area contributed by atoms with Crippen LogP contribution in [0.5, 0.6) is 5.75 Å². The molecular weight excluding hydrogens is 509 g/mol. The maximum Gasteiger partial charge on any atom is 0.412 e. The number of amides is 1. The van der Waals surface area contributed by atoms with Crippen LogP contribution in [0.15, 0.2) is 54.7 Å². The van der Waals surface area contributed by atoms with Gasteiger partial charge < -0.3 is 25.0 Å². The molecule has 3 aromatic rings. The molecule has 214 valence electrons. The average molecular weight is 550 g/mol. The number of aromatic nitrogens is 1. The van der Waals surface area contributed by atoms with Crippen LogP contribution >= 0.6 is 0 Å². The highest BCUT2D eigenvalue weighted by Gasteiger charge is 2.21. The Labute approximate surface area is 236 Å². The number of likely N-dealkylation sites (tertiary alicyclic amines) is 1. The first-order chi connectivity index (χ1) is 19.1. The van der Waals surface area contributed by atoms with E-state index in [1.807, 2.05) is 64.1 Å². The number of carbonyl (C=O) groups is 1. The molecule has 1 amide bonds. The van der Waals surface area contributed by atoms with E-state index in [1.165, 1.54) is 5.56 Å². The van der Waals surface area contributed by atoms with Gasteiger partial charge in [-0.25, -0.2) is 14.2 Å². The largest absolute Gasteiger partial charge is 0.495 e. The maximum atomic E-state index is 12.7. The van der Waals surface area contributed by atoms with Crippen LogP contribution in [0.3, 0.4) is 0 Å². The summed E-state index contributed by atoms with van der Waals surface area (Å²) in [5.41, 5.74) is 4.78. The summed E-state index contributed by atoms with van der Waals surface area (Å²) in [5, 5.41) is 9.59. The number of piperidine rings is 1. The monoisotopic (exact) mass is 549 g/mol. The van der Waals surface area contributed by atoms with Gasteiger partial charge in [-0.15, -0.1) is 0 Å². The van der Waals surface area contributed by atoms with E-state index < -0.39 is 11.7 Å². The second kappa shape index (κ2) is 13.0. The lowest BCUT2D eigenvalue weighted by atomic mass is 9.89. The van der Waals surface area contributed by atoms with E-state index >= 15 is 0 Å². The van der Waals surface area contributed by atoms with Crippen molar-refractivity contribution in [1.82, 2.24) is 9.88 Å². The molecule has 0 bridgehead atoms. The van der Waals surface area contributed by atoms with E-state index in [0.29, 0.717) is 24.0 Å². The average Bonchev–Trinajstić information content (AvgIpc) is 2.90. The van der Waals surface area contributed by atoms with Gasteiger partial charge in [0.15, 0.2) is 0 Å². The van der Waals surface area contributed by atoms with Crippen LogP contribution in [0, 0.1) is 6.92 Å². The van der Waals surface area contributed by atoms with Crippen LogP contribution < -0.4 is 20.7 Å². The number of anilines is 5. The van der Waals surface area contributed by atoms with E-state index in [0.717, 1.165) is 54.3 Å². The number of rotatable bonds is 9. The van der Waals surface area contributed by atoms with Gasteiger partial charge in [0.25, 0.3) is 0 Å². The van der Waals surface area contributed by atoms with Crippen molar-refractivity contribution in [1.29, 1.82) is 0 Å². The fourth-order valence-corrected chi connectivity index (χ4v) is 4.79. The molecule has 1 aromatic heterocycles. The number of methoxy groups -OCH3 is 1. The molecule has 1 fully saturated rings. The number of pyridine rings is 1. The number of aryl methyl sites for hydroxylation is 1. The lowest BCUT2D eigenvalue weighted by Crippen LogP contribution is -2.34. The van der Waals surface area contributed by atoms with Crippen molar-refractivity contribution in [2.45, 2.75) is 52.1 Å². The van der Waals surface area contributed by atoms with Crippen molar-refractivity contribution in [3.05, 3.63) is 65.9 Å². The number of alkyl halides is 1. The molecule has 9 heteroatoms. The molecule has 0 aliphatic carbocycles. The van der Waals surface area contributed by atoms with Crippen LogP contribution in [0.2, 0.25) is 0 Å². The topological polar surface area (TPSA) is 87.8 Å². The van der Waals surface area contributed by atoms with Crippen LogP contribution in [0.25, 0.3) is 0 Å². The minimum atomic E-state index is -0.574. The normalized spacial score (nSPS) is 14.4. The van der Waals surface area contributed by atoms with E-state index in [9.17, 15) is 9.18 Å². The van der Waals surface area contributed by atoms with Gasteiger partial charge in [0, 0.05) is 35.9 Å². The summed E-state index contributed by atoms with van der Waals surface area (Å²) in [7, 11) is 1.67. The standard InChI is InChI=1S/C31H40FN5O3/c1-21-20-33-29(19-27(21)34-24-7-6-8-25(18-24)35-30(38)40-31(2,3)4)36-26-10-9-23(17-28(26)39-5)22-11-14-37(15-12-22)16-13-32/h6-10,17-20,22H,11-16H2,1-5H3,(H,35,38)(H2,33,34,36). The molecule has 0 saturated carbocycles. The van der Waals surface area contributed by atoms with Crippen LogP contribution in [-0.4, -0.2) is 55.0 Å². The Bertz CT molecular complexity index is 1300. The van der Waals surface area contributed by atoms with Gasteiger partial charge in [0.1, 0.15) is 23.8 Å². The number of ether oxygens (including phenoxy) is 2. The van der Waals surface area contributed by atoms with Crippen LogP contribution in [0.4, 0.5) is 37.8 Å². The summed E-state index contributed by atoms with van der Waals surface area (Å²) >= 11 is 0. The summed E-state index contributed by atoms with van der Waals surface area (Å²) < 4.78 is 23.8. The minimum absolute atomic E-state index is 0.291. The molecule has 1 saturated heterocycles. The highest BCUT2D eigenvalue weighted by molar-refractivity contribution is 5.86. The first-order valence-corrected chi connectivity index (χ1v) is 13.7. The second-order valence-electron chi connectivity index (χ2n) is 11.1. The molecule has 3 N–H and O–H groups in total. The minimum Gasteiger partial charge on any atom is -0.495 e. The lowest BCUT2D eigenvalue weighted by Gasteiger charge is -2.31. The fraction of sp³-hybridized carbons (Fsp3) is 0.419. The van der Waals surface area contributed by atoms with Gasteiger partial charge in [-0.05, 0) is 101 Å². The second-order valence-corrected chi connectivity index (χ2v) is 11.1. The van der Waals surface area contributed by atoms with Crippen molar-refractivity contribution in [2.24, 2.45) is 0 Å². The maximum absolute atomic E-state index is 12.7. The molecule has 0 spiro atoms. The first-order valence-electron chi connectivity index (χ1n) is 13.7. The quantitative estimate of drug-likeness (QED) is 0.257. The number of hydrogen-bond donors (Lipinski definition) is 3. The van der Waals surface area contributed by atoms with Crippen LogP contribution in [-0.2, 0) is 4.74 Å². The van der Waals surface area contributed by atoms with Crippen LogP contribution in [0.1, 0.15) is 50.7 Å². The SMILES string of the molecule is COc1cc(C2CCN(CCF)CC2)ccc1Nc1cc(Nc2cccc(NC(=O)OC(C)(C)C)c2)c(C)cn1. The zero-order valence-electron chi connectivity index (χ0n) is 24.0. The fourth-order valence-electron chi connectivity index (χ4n) is 4.79. The molecular formula is C31H40FN5O3. The number of nitrogens with one attached hydrogen (secondary N) is 3. The molecule has 8 nitrogen and oxygen atoms in total. The first kappa shape index (κ1) is 29.1. The predicted octanol–water partition coefficient (Wildman–Crippen LogP) is 7.38. The predicted molar refractivity (Wildman–Crippen MR) is 159 cm³/mol. The van der Waals surface area contributed by atoms with E-state index in [1.54, 1.807) is 13.3 Å². The zero-order chi connectivity index (χ0) is 28.7.